The summed E-state index contributed by atoms with van der Waals surface area (Å²) in [7, 11) is 0. The first-order chi connectivity index (χ1) is 14.7. The van der Waals surface area contributed by atoms with Crippen molar-refractivity contribution in [3.63, 3.8) is 0 Å². The lowest BCUT2D eigenvalue weighted by Gasteiger charge is -2.34. The zero-order valence-corrected chi connectivity index (χ0v) is 17.1. The number of unbranched alkanes of at least 4 members (excludes halogenated alkanes) is 1. The molecule has 0 spiro atoms. The van der Waals surface area contributed by atoms with Gasteiger partial charge >= 0.3 is 0 Å². The van der Waals surface area contributed by atoms with Crippen LogP contribution in [0.2, 0.25) is 0 Å². The molecule has 1 aromatic carbocycles. The highest BCUT2D eigenvalue weighted by molar-refractivity contribution is 5.87. The molecule has 2 heterocycles. The number of aromatic nitrogens is 2. The number of primary amides is 1. The number of amides is 1. The number of nitrogens with zero attached hydrogens (tertiary/aromatic N) is 7. The normalized spacial score (nSPS) is 14.6. The van der Waals surface area contributed by atoms with Gasteiger partial charge in [-0.3, -0.25) is 9.69 Å². The molecule has 1 aliphatic rings. The zero-order valence-electron chi connectivity index (χ0n) is 17.1. The van der Waals surface area contributed by atoms with Crippen molar-refractivity contribution in [3.05, 3.63) is 40.4 Å². The van der Waals surface area contributed by atoms with Crippen molar-refractivity contribution in [3.8, 4) is 0 Å². The number of para-hydroxylation sites is 1. The molecule has 0 unspecified atom stereocenters. The van der Waals surface area contributed by atoms with Gasteiger partial charge in [0.2, 0.25) is 11.9 Å². The molecule has 3 rings (SSSR count). The number of piperazine rings is 1. The number of carbonyl (C=O) groups excluding carboxylic acids is 1. The summed E-state index contributed by atoms with van der Waals surface area (Å²) in [5.74, 6) is 0.258. The number of carbonyl (C=O) groups is 1. The standard InChI is InChI=1S/C20H28N8O2/c21-19(29)15-18-16-5-1-2-6-17(16)24-20(25-18)28-10-8-27(9-11-28)12-14-30-13-4-3-7-23-26-22/h1-2,5-6H,3-4,7-15H2,(H2,21,29). The summed E-state index contributed by atoms with van der Waals surface area (Å²) in [5.41, 5.74) is 15.1. The highest BCUT2D eigenvalue weighted by Gasteiger charge is 2.20. The number of nitrogens with two attached hydrogens (primary N) is 1. The van der Waals surface area contributed by atoms with Crippen molar-refractivity contribution >= 4 is 22.8 Å². The smallest absolute Gasteiger partial charge is 0.226 e. The SMILES string of the molecule is [N-]=[N+]=NCCCCOCCN1CCN(c2nc(CC(N)=O)c3ccccc3n2)CC1. The second kappa shape index (κ2) is 11.3. The van der Waals surface area contributed by atoms with E-state index < -0.39 is 5.91 Å². The second-order valence-corrected chi connectivity index (χ2v) is 7.23. The summed E-state index contributed by atoms with van der Waals surface area (Å²) in [4.78, 5) is 28.1. The van der Waals surface area contributed by atoms with Crippen molar-refractivity contribution in [2.75, 3.05) is 57.4 Å². The van der Waals surface area contributed by atoms with E-state index in [1.807, 2.05) is 24.3 Å². The first-order valence-electron chi connectivity index (χ1n) is 10.3. The fraction of sp³-hybridized carbons (Fsp3) is 0.550. The molecule has 2 N–H and O–H groups in total. The molecular weight excluding hydrogens is 384 g/mol. The van der Waals surface area contributed by atoms with Crippen LogP contribution < -0.4 is 10.6 Å². The third kappa shape index (κ3) is 6.28. The summed E-state index contributed by atoms with van der Waals surface area (Å²) >= 11 is 0. The predicted octanol–water partition coefficient (Wildman–Crippen LogP) is 1.89. The van der Waals surface area contributed by atoms with Gasteiger partial charge in [-0.1, -0.05) is 23.3 Å². The van der Waals surface area contributed by atoms with E-state index >= 15 is 0 Å². The lowest BCUT2D eigenvalue weighted by atomic mass is 10.1. The molecule has 160 valence electrons. The predicted molar refractivity (Wildman–Crippen MR) is 115 cm³/mol. The Kier molecular flexibility index (Phi) is 8.20. The van der Waals surface area contributed by atoms with Gasteiger partial charge in [0.15, 0.2) is 0 Å². The molecule has 0 atom stereocenters. The van der Waals surface area contributed by atoms with Gasteiger partial charge in [0, 0.05) is 56.2 Å². The Morgan fingerprint density at radius 1 is 1.17 bits per heavy atom. The molecule has 30 heavy (non-hydrogen) atoms. The zero-order chi connectivity index (χ0) is 21.2. The summed E-state index contributed by atoms with van der Waals surface area (Å²) in [6.45, 7) is 6.24. The lowest BCUT2D eigenvalue weighted by molar-refractivity contribution is -0.117. The van der Waals surface area contributed by atoms with Crippen molar-refractivity contribution < 1.29 is 9.53 Å². The number of anilines is 1. The number of benzene rings is 1. The van der Waals surface area contributed by atoms with Crippen LogP contribution in [0.5, 0.6) is 0 Å². The maximum Gasteiger partial charge on any atom is 0.226 e. The van der Waals surface area contributed by atoms with Crippen LogP contribution >= 0.6 is 0 Å². The van der Waals surface area contributed by atoms with Crippen LogP contribution in [0.15, 0.2) is 29.4 Å². The van der Waals surface area contributed by atoms with Crippen LogP contribution in [0.1, 0.15) is 18.5 Å². The van der Waals surface area contributed by atoms with Gasteiger partial charge in [0.25, 0.3) is 0 Å². The van der Waals surface area contributed by atoms with Gasteiger partial charge in [0.1, 0.15) is 0 Å². The van der Waals surface area contributed by atoms with Gasteiger partial charge in [-0.15, -0.1) is 0 Å². The molecule has 0 saturated carbocycles. The Bertz CT molecular complexity index is 892. The summed E-state index contributed by atoms with van der Waals surface area (Å²) < 4.78 is 5.67. The minimum atomic E-state index is -0.396. The number of fused-ring (bicyclic) bond motifs is 1. The molecule has 0 aliphatic carbocycles. The van der Waals surface area contributed by atoms with Crippen LogP contribution in [0, 0.1) is 0 Å². The fourth-order valence-electron chi connectivity index (χ4n) is 3.47. The van der Waals surface area contributed by atoms with E-state index in [0.717, 1.165) is 56.5 Å². The van der Waals surface area contributed by atoms with Crippen LogP contribution in [0.25, 0.3) is 21.3 Å². The van der Waals surface area contributed by atoms with Gasteiger partial charge in [-0.25, -0.2) is 9.97 Å². The Balaban J connectivity index is 1.48. The van der Waals surface area contributed by atoms with Gasteiger partial charge in [-0.05, 0) is 24.4 Å². The summed E-state index contributed by atoms with van der Waals surface area (Å²) in [6, 6.07) is 7.70. The largest absolute Gasteiger partial charge is 0.380 e. The summed E-state index contributed by atoms with van der Waals surface area (Å²) in [6.07, 6.45) is 1.86. The van der Waals surface area contributed by atoms with E-state index in [9.17, 15) is 4.79 Å². The molecule has 0 bridgehead atoms. The molecule has 1 aromatic heterocycles. The summed E-state index contributed by atoms with van der Waals surface area (Å²) in [5, 5.41) is 4.38. The van der Waals surface area contributed by atoms with E-state index in [0.29, 0.717) is 31.4 Å². The number of ether oxygens (including phenoxy) is 1. The van der Waals surface area contributed by atoms with Crippen LogP contribution in [-0.2, 0) is 16.0 Å². The third-order valence-corrected chi connectivity index (χ3v) is 5.08. The molecule has 2 aromatic rings. The number of hydrogen-bond donors (Lipinski definition) is 1. The van der Waals surface area contributed by atoms with Crippen molar-refractivity contribution in [2.24, 2.45) is 10.8 Å². The Morgan fingerprint density at radius 2 is 1.97 bits per heavy atom. The molecular formula is C20H28N8O2. The molecule has 1 fully saturated rings. The van der Waals surface area contributed by atoms with Crippen molar-refractivity contribution in [1.82, 2.24) is 14.9 Å². The number of hydrogen-bond acceptors (Lipinski definition) is 7. The average Bonchev–Trinajstić information content (AvgIpc) is 2.75. The second-order valence-electron chi connectivity index (χ2n) is 7.23. The molecule has 1 saturated heterocycles. The molecule has 1 amide bonds. The fourth-order valence-corrected chi connectivity index (χ4v) is 3.47. The highest BCUT2D eigenvalue weighted by atomic mass is 16.5. The topological polar surface area (TPSA) is 133 Å². The lowest BCUT2D eigenvalue weighted by Crippen LogP contribution is -2.48. The first kappa shape index (κ1) is 21.8. The van der Waals surface area contributed by atoms with Gasteiger partial charge in [0.05, 0.1) is 24.2 Å². The van der Waals surface area contributed by atoms with E-state index in [1.54, 1.807) is 0 Å². The van der Waals surface area contributed by atoms with Crippen molar-refractivity contribution in [2.45, 2.75) is 19.3 Å². The number of azide groups is 1. The van der Waals surface area contributed by atoms with E-state index in [4.69, 9.17) is 21.0 Å². The minimum absolute atomic E-state index is 0.107. The minimum Gasteiger partial charge on any atom is -0.380 e. The van der Waals surface area contributed by atoms with E-state index in [2.05, 4.69) is 24.8 Å². The highest BCUT2D eigenvalue weighted by Crippen LogP contribution is 2.21. The maximum absolute atomic E-state index is 11.5. The quantitative estimate of drug-likeness (QED) is 0.259. The first-order valence-corrected chi connectivity index (χ1v) is 10.3. The van der Waals surface area contributed by atoms with Crippen LogP contribution in [-0.4, -0.2) is 73.3 Å². The Labute approximate surface area is 175 Å². The van der Waals surface area contributed by atoms with Gasteiger partial charge < -0.3 is 15.4 Å². The molecule has 10 heteroatoms. The molecule has 10 nitrogen and oxygen atoms in total. The van der Waals surface area contributed by atoms with E-state index in [1.165, 1.54) is 0 Å². The van der Waals surface area contributed by atoms with Crippen molar-refractivity contribution in [1.29, 1.82) is 0 Å². The number of rotatable bonds is 11. The molecule has 0 radical (unpaired) electrons. The third-order valence-electron chi connectivity index (χ3n) is 5.08. The van der Waals surface area contributed by atoms with Crippen LogP contribution in [0.3, 0.4) is 0 Å². The van der Waals surface area contributed by atoms with E-state index in [-0.39, 0.29) is 6.42 Å². The van der Waals surface area contributed by atoms with Crippen LogP contribution in [0.4, 0.5) is 5.95 Å². The molecule has 1 aliphatic heterocycles. The Hall–Kier alpha value is -2.94. The Morgan fingerprint density at radius 3 is 2.73 bits per heavy atom. The van der Waals surface area contributed by atoms with Gasteiger partial charge in [-0.2, -0.15) is 0 Å². The maximum atomic E-state index is 11.5. The monoisotopic (exact) mass is 412 g/mol. The average molecular weight is 412 g/mol.